The predicted molar refractivity (Wildman–Crippen MR) is 111 cm³/mol. The van der Waals surface area contributed by atoms with Crippen molar-refractivity contribution in [1.82, 2.24) is 15.6 Å². The fourth-order valence-corrected chi connectivity index (χ4v) is 3.35. The van der Waals surface area contributed by atoms with Crippen LogP contribution in [0.5, 0.6) is 0 Å². The summed E-state index contributed by atoms with van der Waals surface area (Å²) < 4.78 is 5.63. The summed E-state index contributed by atoms with van der Waals surface area (Å²) in [5.41, 5.74) is 2.59. The fraction of sp³-hybridized carbons (Fsp3) is 0.174. The van der Waals surface area contributed by atoms with Crippen LogP contribution in [-0.4, -0.2) is 23.3 Å². The van der Waals surface area contributed by atoms with Gasteiger partial charge in [0.1, 0.15) is 5.58 Å². The Hall–Kier alpha value is -3.67. The molecule has 0 saturated heterocycles. The maximum Gasteiger partial charge on any atom is 0.224 e. The Morgan fingerprint density at radius 3 is 2.62 bits per heavy atom. The van der Waals surface area contributed by atoms with Gasteiger partial charge in [-0.2, -0.15) is 0 Å². The van der Waals surface area contributed by atoms with Crippen molar-refractivity contribution < 1.29 is 14.0 Å². The second-order valence-electron chi connectivity index (χ2n) is 6.83. The number of benzene rings is 2. The summed E-state index contributed by atoms with van der Waals surface area (Å²) in [4.78, 5) is 28.2. The van der Waals surface area contributed by atoms with Crippen LogP contribution in [-0.2, 0) is 22.6 Å². The smallest absolute Gasteiger partial charge is 0.224 e. The molecule has 0 aliphatic heterocycles. The molecule has 0 fully saturated rings. The molecule has 0 atom stereocenters. The van der Waals surface area contributed by atoms with Crippen molar-refractivity contribution in [3.63, 3.8) is 0 Å². The number of rotatable bonds is 7. The zero-order valence-corrected chi connectivity index (χ0v) is 15.9. The predicted octanol–water partition coefficient (Wildman–Crippen LogP) is 3.35. The van der Waals surface area contributed by atoms with Crippen molar-refractivity contribution in [2.24, 2.45) is 0 Å². The van der Waals surface area contributed by atoms with Gasteiger partial charge >= 0.3 is 0 Å². The third-order valence-electron chi connectivity index (χ3n) is 4.80. The second-order valence-corrected chi connectivity index (χ2v) is 6.83. The number of hydrogen-bond donors (Lipinski definition) is 2. The first-order valence-electron chi connectivity index (χ1n) is 9.51. The van der Waals surface area contributed by atoms with Gasteiger partial charge in [-0.1, -0.05) is 30.3 Å². The van der Waals surface area contributed by atoms with Gasteiger partial charge in [0.15, 0.2) is 0 Å². The molecule has 0 saturated carbocycles. The van der Waals surface area contributed by atoms with E-state index in [1.165, 1.54) is 0 Å². The van der Waals surface area contributed by atoms with Crippen molar-refractivity contribution in [3.8, 4) is 0 Å². The molecule has 0 aliphatic rings. The lowest BCUT2D eigenvalue weighted by Gasteiger charge is -2.07. The zero-order chi connectivity index (χ0) is 20.1. The zero-order valence-electron chi connectivity index (χ0n) is 15.9. The molecule has 2 amide bonds. The van der Waals surface area contributed by atoms with Crippen LogP contribution in [0.2, 0.25) is 0 Å². The van der Waals surface area contributed by atoms with Gasteiger partial charge in [-0.15, -0.1) is 0 Å². The van der Waals surface area contributed by atoms with Crippen LogP contribution in [0.1, 0.15) is 17.5 Å². The van der Waals surface area contributed by atoms with Gasteiger partial charge in [-0.05, 0) is 34.5 Å². The minimum absolute atomic E-state index is 0.109. The van der Waals surface area contributed by atoms with E-state index in [9.17, 15) is 9.59 Å². The van der Waals surface area contributed by atoms with Crippen molar-refractivity contribution in [1.29, 1.82) is 0 Å². The Labute approximate surface area is 167 Å². The Balaban J connectivity index is 1.31. The average Bonchev–Trinajstić information content (AvgIpc) is 3.16. The first kappa shape index (κ1) is 18.7. The van der Waals surface area contributed by atoms with Gasteiger partial charge in [0.05, 0.1) is 12.7 Å². The highest BCUT2D eigenvalue weighted by atomic mass is 16.3. The van der Waals surface area contributed by atoms with E-state index in [0.717, 1.165) is 32.9 Å². The van der Waals surface area contributed by atoms with E-state index in [4.69, 9.17) is 4.42 Å². The number of fused-ring (bicyclic) bond motifs is 3. The summed E-state index contributed by atoms with van der Waals surface area (Å²) in [6.45, 7) is 0.737. The van der Waals surface area contributed by atoms with Crippen LogP contribution in [0, 0.1) is 0 Å². The van der Waals surface area contributed by atoms with Crippen LogP contribution in [0.4, 0.5) is 0 Å². The lowest BCUT2D eigenvalue weighted by atomic mass is 10.0. The molecule has 0 unspecified atom stereocenters. The van der Waals surface area contributed by atoms with E-state index in [1.54, 1.807) is 18.7 Å². The molecule has 4 aromatic rings. The lowest BCUT2D eigenvalue weighted by Crippen LogP contribution is -2.31. The topological polar surface area (TPSA) is 84.2 Å². The summed E-state index contributed by atoms with van der Waals surface area (Å²) >= 11 is 0. The standard InChI is InChI=1S/C23H21N3O3/c27-21(26-14-16-7-10-24-11-8-16)9-12-25-22(28)13-18-15-29-20-6-5-17-3-1-2-4-19(17)23(18)20/h1-8,10-11,15H,9,12-14H2,(H,25,28)(H,26,27). The molecule has 0 bridgehead atoms. The van der Waals surface area contributed by atoms with E-state index in [2.05, 4.69) is 15.6 Å². The van der Waals surface area contributed by atoms with Crippen molar-refractivity contribution in [2.45, 2.75) is 19.4 Å². The molecule has 2 N–H and O–H groups in total. The van der Waals surface area contributed by atoms with E-state index in [-0.39, 0.29) is 31.2 Å². The molecule has 6 nitrogen and oxygen atoms in total. The van der Waals surface area contributed by atoms with E-state index in [0.29, 0.717) is 6.54 Å². The molecular weight excluding hydrogens is 366 g/mol. The SMILES string of the molecule is O=C(CCNC(=O)Cc1coc2ccc3ccccc3c12)NCc1ccncc1. The Morgan fingerprint density at radius 2 is 1.76 bits per heavy atom. The summed E-state index contributed by atoms with van der Waals surface area (Å²) in [6.07, 6.45) is 5.44. The molecule has 0 radical (unpaired) electrons. The highest BCUT2D eigenvalue weighted by Gasteiger charge is 2.13. The Kier molecular flexibility index (Phi) is 5.52. The molecule has 4 rings (SSSR count). The number of pyridine rings is 1. The van der Waals surface area contributed by atoms with Gasteiger partial charge in [-0.25, -0.2) is 0 Å². The van der Waals surface area contributed by atoms with Gasteiger partial charge in [0, 0.05) is 42.9 Å². The highest BCUT2D eigenvalue weighted by Crippen LogP contribution is 2.30. The van der Waals surface area contributed by atoms with Gasteiger partial charge < -0.3 is 15.1 Å². The van der Waals surface area contributed by atoms with Crippen LogP contribution >= 0.6 is 0 Å². The van der Waals surface area contributed by atoms with Crippen LogP contribution < -0.4 is 10.6 Å². The van der Waals surface area contributed by atoms with Crippen LogP contribution in [0.25, 0.3) is 21.7 Å². The highest BCUT2D eigenvalue weighted by molar-refractivity contribution is 6.08. The first-order chi connectivity index (χ1) is 14.2. The van der Waals surface area contributed by atoms with E-state index < -0.39 is 0 Å². The fourth-order valence-electron chi connectivity index (χ4n) is 3.35. The number of furan rings is 1. The number of amides is 2. The third-order valence-corrected chi connectivity index (χ3v) is 4.80. The Bertz CT molecular complexity index is 1150. The van der Waals surface area contributed by atoms with Crippen molar-refractivity contribution in [3.05, 3.63) is 78.3 Å². The Morgan fingerprint density at radius 1 is 0.931 bits per heavy atom. The van der Waals surface area contributed by atoms with E-state index in [1.807, 2.05) is 48.5 Å². The summed E-state index contributed by atoms with van der Waals surface area (Å²) in [5, 5.41) is 8.78. The normalized spacial score (nSPS) is 10.9. The summed E-state index contributed by atoms with van der Waals surface area (Å²) in [7, 11) is 0. The molecule has 2 heterocycles. The van der Waals surface area contributed by atoms with Gasteiger partial charge in [0.2, 0.25) is 11.8 Å². The monoisotopic (exact) mass is 387 g/mol. The van der Waals surface area contributed by atoms with Gasteiger partial charge in [-0.3, -0.25) is 14.6 Å². The number of carbonyl (C=O) groups excluding carboxylic acids is 2. The van der Waals surface area contributed by atoms with Crippen LogP contribution in [0.3, 0.4) is 0 Å². The molecule has 0 aliphatic carbocycles. The van der Waals surface area contributed by atoms with Crippen molar-refractivity contribution >= 4 is 33.6 Å². The molecule has 2 aromatic carbocycles. The molecule has 29 heavy (non-hydrogen) atoms. The summed E-state index contributed by atoms with van der Waals surface area (Å²) in [5.74, 6) is -0.246. The molecular formula is C23H21N3O3. The number of hydrogen-bond acceptors (Lipinski definition) is 4. The average molecular weight is 387 g/mol. The van der Waals surface area contributed by atoms with Crippen molar-refractivity contribution in [2.75, 3.05) is 6.54 Å². The maximum atomic E-state index is 12.4. The minimum atomic E-state index is -0.137. The number of nitrogens with zero attached hydrogens (tertiary/aromatic N) is 1. The number of nitrogens with one attached hydrogen (secondary N) is 2. The number of carbonyl (C=O) groups is 2. The largest absolute Gasteiger partial charge is 0.464 e. The molecule has 146 valence electrons. The molecule has 0 spiro atoms. The lowest BCUT2D eigenvalue weighted by molar-refractivity contribution is -0.122. The summed E-state index contributed by atoms with van der Waals surface area (Å²) in [6, 6.07) is 15.7. The second kappa shape index (κ2) is 8.56. The quantitative estimate of drug-likeness (QED) is 0.509. The first-order valence-corrected chi connectivity index (χ1v) is 9.51. The molecule has 2 aromatic heterocycles. The molecule has 6 heteroatoms. The number of aromatic nitrogens is 1. The minimum Gasteiger partial charge on any atom is -0.464 e. The van der Waals surface area contributed by atoms with E-state index >= 15 is 0 Å². The van der Waals surface area contributed by atoms with Crippen LogP contribution in [0.15, 0.2) is 71.6 Å². The van der Waals surface area contributed by atoms with Gasteiger partial charge in [0.25, 0.3) is 0 Å². The third kappa shape index (κ3) is 4.43. The maximum absolute atomic E-state index is 12.4.